The lowest BCUT2D eigenvalue weighted by atomic mass is 10.2. The van der Waals surface area contributed by atoms with E-state index >= 15 is 0 Å². The maximum atomic E-state index is 12.4. The van der Waals surface area contributed by atoms with Gasteiger partial charge in [0.1, 0.15) is 0 Å². The van der Waals surface area contributed by atoms with E-state index in [2.05, 4.69) is 11.2 Å². The second kappa shape index (κ2) is 7.91. The van der Waals surface area contributed by atoms with E-state index in [9.17, 15) is 4.79 Å². The highest BCUT2D eigenvalue weighted by molar-refractivity contribution is 7.98. The molecule has 0 radical (unpaired) electrons. The molecule has 4 rings (SSSR count). The summed E-state index contributed by atoms with van der Waals surface area (Å²) >= 11 is 0. The van der Waals surface area contributed by atoms with Gasteiger partial charge < -0.3 is 13.3 Å². The van der Waals surface area contributed by atoms with E-state index in [0.717, 1.165) is 30.6 Å². The molecule has 0 saturated carbocycles. The van der Waals surface area contributed by atoms with Crippen molar-refractivity contribution in [1.82, 2.24) is 4.90 Å². The van der Waals surface area contributed by atoms with Crippen LogP contribution in [0, 0.1) is 0 Å². The SMILES string of the molecule is C[S+](CC(=O)c1ccccc1)C[Si]12OCCN(CCO1)CCO2. The van der Waals surface area contributed by atoms with Gasteiger partial charge in [-0.1, -0.05) is 30.3 Å². The highest BCUT2D eigenvalue weighted by Gasteiger charge is 2.50. The summed E-state index contributed by atoms with van der Waals surface area (Å²) in [7, 11) is -2.74. The number of nitrogens with zero attached hydrogens (tertiary/aromatic N) is 1. The summed E-state index contributed by atoms with van der Waals surface area (Å²) < 4.78 is 18.1. The molecule has 7 heteroatoms. The summed E-state index contributed by atoms with van der Waals surface area (Å²) in [5.41, 5.74) is 0.778. The molecular formula is C16H24NO4SSi+. The predicted octanol–water partition coefficient (Wildman–Crippen LogP) is 0.974. The average molecular weight is 355 g/mol. The van der Waals surface area contributed by atoms with E-state index in [-0.39, 0.29) is 16.7 Å². The zero-order valence-corrected chi connectivity index (χ0v) is 15.3. The molecule has 3 aliphatic rings. The van der Waals surface area contributed by atoms with Crippen molar-refractivity contribution in [1.29, 1.82) is 0 Å². The molecule has 126 valence electrons. The number of carbonyl (C=O) groups is 1. The Labute approximate surface area is 141 Å². The van der Waals surface area contributed by atoms with Crippen LogP contribution in [-0.2, 0) is 24.2 Å². The Balaban J connectivity index is 1.61. The fourth-order valence-electron chi connectivity index (χ4n) is 2.86. The van der Waals surface area contributed by atoms with Crippen LogP contribution < -0.4 is 0 Å². The second-order valence-corrected chi connectivity index (χ2v) is 11.2. The van der Waals surface area contributed by atoms with Crippen LogP contribution in [0.25, 0.3) is 0 Å². The van der Waals surface area contributed by atoms with Gasteiger partial charge in [0.05, 0.1) is 26.1 Å². The van der Waals surface area contributed by atoms with Gasteiger partial charge in [0.15, 0.2) is 11.1 Å². The highest BCUT2D eigenvalue weighted by Crippen LogP contribution is 2.19. The molecular weight excluding hydrogens is 330 g/mol. The van der Waals surface area contributed by atoms with Crippen molar-refractivity contribution < 1.29 is 18.1 Å². The van der Waals surface area contributed by atoms with E-state index in [4.69, 9.17) is 13.3 Å². The lowest BCUT2D eigenvalue weighted by Crippen LogP contribution is -2.59. The molecule has 1 atom stereocenters. The van der Waals surface area contributed by atoms with Gasteiger partial charge in [-0.3, -0.25) is 9.69 Å². The molecule has 0 aliphatic carbocycles. The van der Waals surface area contributed by atoms with Crippen LogP contribution >= 0.6 is 0 Å². The standard InChI is InChI=1S/C16H24NO4SSi/c1-22(13-16(18)15-5-3-2-4-6-15)14-23-19-10-7-17(8-11-20-23)9-12-21-23/h2-6H,7-14H2,1H3/q+1. The summed E-state index contributed by atoms with van der Waals surface area (Å²) in [5, 5.41) is 0.742. The van der Waals surface area contributed by atoms with Crippen LogP contribution in [0.1, 0.15) is 10.4 Å². The van der Waals surface area contributed by atoms with Gasteiger partial charge in [0, 0.05) is 25.2 Å². The molecule has 0 amide bonds. The molecule has 23 heavy (non-hydrogen) atoms. The van der Waals surface area contributed by atoms with Crippen LogP contribution in [0.15, 0.2) is 30.3 Å². The monoisotopic (exact) mass is 354 g/mol. The lowest BCUT2D eigenvalue weighted by molar-refractivity contribution is -0.00452. The van der Waals surface area contributed by atoms with Crippen molar-refractivity contribution in [3.8, 4) is 0 Å². The predicted molar refractivity (Wildman–Crippen MR) is 93.8 cm³/mol. The number of rotatable bonds is 5. The fraction of sp³-hybridized carbons (Fsp3) is 0.562. The first-order valence-corrected chi connectivity index (χ1v) is 11.9. The van der Waals surface area contributed by atoms with Gasteiger partial charge in [-0.15, -0.1) is 0 Å². The Kier molecular flexibility index (Phi) is 5.89. The van der Waals surface area contributed by atoms with Crippen LogP contribution in [0.2, 0.25) is 0 Å². The van der Waals surface area contributed by atoms with Crippen molar-refractivity contribution in [2.45, 2.75) is 0 Å². The number of carbonyl (C=O) groups excluding carboxylic acids is 1. The molecule has 3 aliphatic heterocycles. The Bertz CT molecular complexity index is 504. The first-order chi connectivity index (χ1) is 11.2. The zero-order valence-electron chi connectivity index (χ0n) is 13.5. The summed E-state index contributed by atoms with van der Waals surface area (Å²) in [6, 6.07) is 9.48. The van der Waals surface area contributed by atoms with E-state index in [0.29, 0.717) is 25.6 Å². The molecule has 3 heterocycles. The van der Waals surface area contributed by atoms with E-state index < -0.39 is 8.80 Å². The van der Waals surface area contributed by atoms with Gasteiger partial charge in [-0.2, -0.15) is 0 Å². The number of ketones is 1. The molecule has 0 aromatic heterocycles. The number of benzene rings is 1. The minimum Gasteiger partial charge on any atom is -0.369 e. The smallest absolute Gasteiger partial charge is 0.369 e. The van der Waals surface area contributed by atoms with Gasteiger partial charge in [0.2, 0.25) is 5.78 Å². The molecule has 0 N–H and O–H groups in total. The number of fused-ring (bicyclic) bond motifs is 6. The molecule has 1 aromatic carbocycles. The first kappa shape index (κ1) is 17.1. The van der Waals surface area contributed by atoms with Gasteiger partial charge >= 0.3 is 8.80 Å². The second-order valence-electron chi connectivity index (χ2n) is 5.93. The summed E-state index contributed by atoms with van der Waals surface area (Å²) in [5.74, 6) is 0.714. The maximum absolute atomic E-state index is 12.4. The van der Waals surface area contributed by atoms with E-state index in [1.807, 2.05) is 30.3 Å². The van der Waals surface area contributed by atoms with Crippen molar-refractivity contribution in [2.24, 2.45) is 0 Å². The van der Waals surface area contributed by atoms with Crippen molar-refractivity contribution in [3.05, 3.63) is 35.9 Å². The molecule has 1 aromatic rings. The average Bonchev–Trinajstić information content (AvgIpc) is 2.49. The number of Topliss-reactive ketones (excluding diaryl/α,β-unsaturated/α-hetero) is 1. The van der Waals surface area contributed by atoms with Crippen LogP contribution in [-0.4, -0.2) is 76.3 Å². The number of hydrogen-bond acceptors (Lipinski definition) is 5. The summed E-state index contributed by atoms with van der Waals surface area (Å²) in [6.45, 7) is 4.83. The third-order valence-corrected chi connectivity index (χ3v) is 10.2. The van der Waals surface area contributed by atoms with Gasteiger partial charge in [-0.25, -0.2) is 0 Å². The molecule has 3 saturated heterocycles. The van der Waals surface area contributed by atoms with E-state index in [1.165, 1.54) is 0 Å². The third kappa shape index (κ3) is 4.65. The van der Waals surface area contributed by atoms with Crippen molar-refractivity contribution in [3.63, 3.8) is 0 Å². The summed E-state index contributed by atoms with van der Waals surface area (Å²) in [6.07, 6.45) is 2.11. The van der Waals surface area contributed by atoms with Gasteiger partial charge in [-0.05, 0) is 10.9 Å². The molecule has 1 unspecified atom stereocenters. The first-order valence-electron chi connectivity index (χ1n) is 7.98. The normalized spacial score (nSPS) is 29.3. The van der Waals surface area contributed by atoms with Crippen LogP contribution in [0.5, 0.6) is 0 Å². The molecule has 2 bridgehead atoms. The van der Waals surface area contributed by atoms with Crippen molar-refractivity contribution in [2.75, 3.05) is 56.8 Å². The van der Waals surface area contributed by atoms with Crippen LogP contribution in [0.3, 0.4) is 0 Å². The Morgan fingerprint density at radius 2 is 1.65 bits per heavy atom. The summed E-state index contributed by atoms with van der Waals surface area (Å²) in [4.78, 5) is 14.7. The largest absolute Gasteiger partial charge is 0.553 e. The minimum atomic E-state index is -2.62. The minimum absolute atomic E-state index is 0.111. The Hall–Kier alpha value is -0.703. The molecule has 0 spiro atoms. The fourth-order valence-corrected chi connectivity index (χ4v) is 8.75. The quantitative estimate of drug-likeness (QED) is 0.448. The van der Waals surface area contributed by atoms with Crippen molar-refractivity contribution >= 4 is 25.5 Å². The third-order valence-electron chi connectivity index (χ3n) is 4.08. The highest BCUT2D eigenvalue weighted by atomic mass is 32.2. The van der Waals surface area contributed by atoms with E-state index in [1.54, 1.807) is 0 Å². The van der Waals surface area contributed by atoms with Gasteiger partial charge in [0.25, 0.3) is 0 Å². The molecule has 3 fully saturated rings. The molecule has 5 nitrogen and oxygen atoms in total. The maximum Gasteiger partial charge on any atom is 0.553 e. The van der Waals surface area contributed by atoms with Crippen LogP contribution in [0.4, 0.5) is 0 Å². The topological polar surface area (TPSA) is 48.0 Å². The Morgan fingerprint density at radius 3 is 2.22 bits per heavy atom. The lowest BCUT2D eigenvalue weighted by Gasteiger charge is -2.37. The zero-order chi connectivity index (χ0) is 16.1. The number of hydrogen-bond donors (Lipinski definition) is 0. The Morgan fingerprint density at radius 1 is 1.09 bits per heavy atom.